The smallest absolute Gasteiger partial charge is 0.396 e. The number of rotatable bonds is 5. The molecule has 0 heterocycles. The quantitative estimate of drug-likeness (QED) is 0.554. The number of ether oxygens (including phenoxy) is 2. The Morgan fingerprint density at radius 3 is 2.24 bits per heavy atom. The number of carbonyl (C=O) groups is 3. The van der Waals surface area contributed by atoms with Gasteiger partial charge in [0.15, 0.2) is 0 Å². The van der Waals surface area contributed by atoms with Crippen molar-refractivity contribution in [3.63, 3.8) is 0 Å². The van der Waals surface area contributed by atoms with Crippen LogP contribution in [0.2, 0.25) is 0 Å². The van der Waals surface area contributed by atoms with Crippen LogP contribution < -0.4 is 5.32 Å². The summed E-state index contributed by atoms with van der Waals surface area (Å²) in [5.74, 6) is -2.31. The van der Waals surface area contributed by atoms with E-state index in [-0.39, 0.29) is 12.5 Å². The maximum atomic E-state index is 11.4. The minimum Gasteiger partial charge on any atom is -0.467 e. The van der Waals surface area contributed by atoms with Crippen LogP contribution in [-0.4, -0.2) is 37.6 Å². The first-order chi connectivity index (χ1) is 7.92. The summed E-state index contributed by atoms with van der Waals surface area (Å²) in [4.78, 5) is 33.8. The van der Waals surface area contributed by atoms with E-state index in [4.69, 9.17) is 0 Å². The highest BCUT2D eigenvalue weighted by molar-refractivity contribution is 6.32. The van der Waals surface area contributed by atoms with Crippen molar-refractivity contribution in [2.24, 2.45) is 5.92 Å². The highest BCUT2D eigenvalue weighted by atomic mass is 16.5. The Hall–Kier alpha value is -1.59. The number of methoxy groups -OCH3 is 1. The average Bonchev–Trinajstić information content (AvgIpc) is 2.26. The van der Waals surface area contributed by atoms with E-state index in [9.17, 15) is 14.4 Å². The molecule has 6 nitrogen and oxygen atoms in total. The first-order valence-corrected chi connectivity index (χ1v) is 5.47. The van der Waals surface area contributed by atoms with Gasteiger partial charge in [0.25, 0.3) is 0 Å². The number of nitrogens with one attached hydrogen (secondary N) is 1. The lowest BCUT2D eigenvalue weighted by atomic mass is 10.0. The number of esters is 2. The van der Waals surface area contributed by atoms with Gasteiger partial charge in [0.05, 0.1) is 13.7 Å². The maximum Gasteiger partial charge on any atom is 0.396 e. The molecule has 0 bridgehead atoms. The largest absolute Gasteiger partial charge is 0.467 e. The molecule has 1 amide bonds. The van der Waals surface area contributed by atoms with Gasteiger partial charge in [-0.3, -0.25) is 4.79 Å². The van der Waals surface area contributed by atoms with Crippen LogP contribution in [0.1, 0.15) is 27.2 Å². The molecule has 1 atom stereocenters. The molecule has 0 saturated heterocycles. The van der Waals surface area contributed by atoms with Crippen LogP contribution in [0.4, 0.5) is 0 Å². The van der Waals surface area contributed by atoms with Gasteiger partial charge in [-0.1, -0.05) is 13.8 Å². The van der Waals surface area contributed by atoms with Gasteiger partial charge in [-0.25, -0.2) is 9.59 Å². The molecule has 1 N–H and O–H groups in total. The van der Waals surface area contributed by atoms with Crippen molar-refractivity contribution in [2.75, 3.05) is 13.7 Å². The highest BCUT2D eigenvalue weighted by Gasteiger charge is 2.26. The zero-order chi connectivity index (χ0) is 13.4. The second-order valence-electron chi connectivity index (χ2n) is 3.90. The predicted molar refractivity (Wildman–Crippen MR) is 60.0 cm³/mol. The van der Waals surface area contributed by atoms with Gasteiger partial charge in [-0.2, -0.15) is 0 Å². The molecule has 0 radical (unpaired) electrons. The second kappa shape index (κ2) is 7.65. The van der Waals surface area contributed by atoms with Crippen molar-refractivity contribution in [1.29, 1.82) is 0 Å². The molecule has 0 aliphatic heterocycles. The monoisotopic (exact) mass is 245 g/mol. The van der Waals surface area contributed by atoms with Crippen LogP contribution >= 0.6 is 0 Å². The fourth-order valence-electron chi connectivity index (χ4n) is 1.24. The van der Waals surface area contributed by atoms with Crippen molar-refractivity contribution in [2.45, 2.75) is 33.2 Å². The first kappa shape index (κ1) is 15.4. The van der Waals surface area contributed by atoms with Gasteiger partial charge in [-0.15, -0.1) is 0 Å². The van der Waals surface area contributed by atoms with E-state index in [1.807, 2.05) is 13.8 Å². The molecule has 17 heavy (non-hydrogen) atoms. The van der Waals surface area contributed by atoms with E-state index in [1.54, 1.807) is 6.92 Å². The lowest BCUT2D eigenvalue weighted by molar-refractivity contribution is -0.156. The summed E-state index contributed by atoms with van der Waals surface area (Å²) in [6.45, 7) is 5.50. The Kier molecular flexibility index (Phi) is 6.93. The standard InChI is InChI=1S/C11H19NO5/c1-5-17-11(15)9(13)12-8(6-7(2)3)10(14)16-4/h7-8H,5-6H2,1-4H3,(H,12,13). The van der Waals surface area contributed by atoms with Crippen molar-refractivity contribution >= 4 is 17.8 Å². The van der Waals surface area contributed by atoms with Crippen LogP contribution in [-0.2, 0) is 23.9 Å². The molecule has 0 aromatic rings. The molecule has 0 spiro atoms. The Labute approximate surface area is 101 Å². The fourth-order valence-corrected chi connectivity index (χ4v) is 1.24. The molecule has 0 aromatic heterocycles. The third-order valence-corrected chi connectivity index (χ3v) is 1.96. The minimum absolute atomic E-state index is 0.110. The summed E-state index contributed by atoms with van der Waals surface area (Å²) < 4.78 is 9.07. The minimum atomic E-state index is -0.995. The van der Waals surface area contributed by atoms with Crippen molar-refractivity contribution in [1.82, 2.24) is 5.32 Å². The van der Waals surface area contributed by atoms with E-state index < -0.39 is 23.9 Å². The summed E-state index contributed by atoms with van der Waals surface area (Å²) in [5.41, 5.74) is 0. The van der Waals surface area contributed by atoms with Crippen LogP contribution in [0.5, 0.6) is 0 Å². The van der Waals surface area contributed by atoms with Crippen LogP contribution in [0.25, 0.3) is 0 Å². The summed E-state index contributed by atoms with van der Waals surface area (Å²) in [6, 6.07) is -0.822. The van der Waals surface area contributed by atoms with E-state index in [0.29, 0.717) is 6.42 Å². The normalized spacial score (nSPS) is 11.8. The molecule has 0 fully saturated rings. The van der Waals surface area contributed by atoms with Gasteiger partial charge in [0.2, 0.25) is 0 Å². The van der Waals surface area contributed by atoms with Crippen molar-refractivity contribution in [3.8, 4) is 0 Å². The van der Waals surface area contributed by atoms with Crippen LogP contribution in [0.3, 0.4) is 0 Å². The fraction of sp³-hybridized carbons (Fsp3) is 0.727. The molecule has 0 aliphatic rings. The molecule has 0 rings (SSSR count). The summed E-state index contributed by atoms with van der Waals surface area (Å²) in [5, 5.41) is 2.30. The van der Waals surface area contributed by atoms with Crippen LogP contribution in [0, 0.1) is 5.92 Å². The van der Waals surface area contributed by atoms with E-state index in [0.717, 1.165) is 0 Å². The van der Waals surface area contributed by atoms with Crippen LogP contribution in [0.15, 0.2) is 0 Å². The lowest BCUT2D eigenvalue weighted by Crippen LogP contribution is -2.45. The Morgan fingerprint density at radius 2 is 1.82 bits per heavy atom. The molecule has 0 aromatic carbocycles. The van der Waals surface area contributed by atoms with E-state index in [2.05, 4.69) is 14.8 Å². The third-order valence-electron chi connectivity index (χ3n) is 1.96. The van der Waals surface area contributed by atoms with Gasteiger partial charge in [-0.05, 0) is 19.3 Å². The van der Waals surface area contributed by atoms with Gasteiger partial charge in [0, 0.05) is 0 Å². The SMILES string of the molecule is CCOC(=O)C(=O)NC(CC(C)C)C(=O)OC. The first-order valence-electron chi connectivity index (χ1n) is 5.47. The summed E-state index contributed by atoms with van der Waals surface area (Å²) in [7, 11) is 1.23. The van der Waals surface area contributed by atoms with E-state index in [1.165, 1.54) is 7.11 Å². The molecular weight excluding hydrogens is 226 g/mol. The number of amides is 1. The Morgan fingerprint density at radius 1 is 1.24 bits per heavy atom. The zero-order valence-electron chi connectivity index (χ0n) is 10.6. The number of hydrogen-bond acceptors (Lipinski definition) is 5. The summed E-state index contributed by atoms with van der Waals surface area (Å²) >= 11 is 0. The Bertz CT molecular complexity index is 288. The molecule has 1 unspecified atom stereocenters. The molecule has 0 saturated carbocycles. The molecular formula is C11H19NO5. The zero-order valence-corrected chi connectivity index (χ0v) is 10.6. The Balaban J connectivity index is 4.47. The molecule has 0 aliphatic carbocycles. The predicted octanol–water partition coefficient (Wildman–Crippen LogP) is 0.253. The van der Waals surface area contributed by atoms with Crippen molar-refractivity contribution < 1.29 is 23.9 Å². The molecule has 6 heteroatoms. The topological polar surface area (TPSA) is 81.7 Å². The summed E-state index contributed by atoms with van der Waals surface area (Å²) in [6.07, 6.45) is 0.401. The number of carbonyl (C=O) groups excluding carboxylic acids is 3. The maximum absolute atomic E-state index is 11.4. The number of hydrogen-bond donors (Lipinski definition) is 1. The second-order valence-corrected chi connectivity index (χ2v) is 3.90. The third kappa shape index (κ3) is 5.89. The van der Waals surface area contributed by atoms with Gasteiger partial charge >= 0.3 is 17.8 Å². The average molecular weight is 245 g/mol. The molecule has 98 valence electrons. The van der Waals surface area contributed by atoms with Crippen molar-refractivity contribution in [3.05, 3.63) is 0 Å². The lowest BCUT2D eigenvalue weighted by Gasteiger charge is -2.17. The highest BCUT2D eigenvalue weighted by Crippen LogP contribution is 2.06. The van der Waals surface area contributed by atoms with Gasteiger partial charge in [0.1, 0.15) is 6.04 Å². The van der Waals surface area contributed by atoms with E-state index >= 15 is 0 Å². The van der Waals surface area contributed by atoms with Gasteiger partial charge < -0.3 is 14.8 Å².